The number of amides is 1. The Hall–Kier alpha value is -3.45. The molecule has 0 bridgehead atoms. The summed E-state index contributed by atoms with van der Waals surface area (Å²) in [4.78, 5) is 23.2. The average molecular weight is 462 g/mol. The molecule has 1 amide bonds. The van der Waals surface area contributed by atoms with Crippen LogP contribution in [0.15, 0.2) is 77.8 Å². The first-order valence-corrected chi connectivity index (χ1v) is 12.6. The van der Waals surface area contributed by atoms with Crippen LogP contribution in [0.3, 0.4) is 0 Å². The third-order valence-corrected chi connectivity index (χ3v) is 6.67. The van der Waals surface area contributed by atoms with E-state index in [0.29, 0.717) is 5.56 Å². The first kappa shape index (κ1) is 22.7. The van der Waals surface area contributed by atoms with E-state index in [4.69, 9.17) is 0 Å². The summed E-state index contributed by atoms with van der Waals surface area (Å²) >= 11 is 0. The molecule has 4 rings (SSSR count). The highest BCUT2D eigenvalue weighted by molar-refractivity contribution is 7.90. The molecule has 2 aromatic carbocycles. The topological polar surface area (TPSA) is 83.1 Å². The summed E-state index contributed by atoms with van der Waals surface area (Å²) < 4.78 is 23.6. The lowest BCUT2D eigenvalue weighted by Gasteiger charge is -2.23. The second kappa shape index (κ2) is 8.48. The highest BCUT2D eigenvalue weighted by Gasteiger charge is 2.21. The van der Waals surface area contributed by atoms with Gasteiger partial charge in [-0.1, -0.05) is 26.8 Å². The lowest BCUT2D eigenvalue weighted by molar-refractivity contribution is 0.0984. The molecule has 0 aliphatic rings. The van der Waals surface area contributed by atoms with E-state index in [2.05, 4.69) is 36.8 Å². The fourth-order valence-corrected chi connectivity index (χ4v) is 4.26. The molecule has 0 saturated heterocycles. The van der Waals surface area contributed by atoms with Crippen molar-refractivity contribution >= 4 is 32.3 Å². The van der Waals surface area contributed by atoms with Crippen molar-refractivity contribution in [3.05, 3.63) is 89.9 Å². The number of carbonyl (C=O) groups is 1. The maximum Gasteiger partial charge on any atom is 0.258 e. The lowest BCUT2D eigenvalue weighted by atomic mass is 9.92. The van der Waals surface area contributed by atoms with Crippen molar-refractivity contribution in [2.45, 2.75) is 37.6 Å². The summed E-state index contributed by atoms with van der Waals surface area (Å²) in [6.45, 7) is 6.73. The van der Waals surface area contributed by atoms with Gasteiger partial charge in [-0.05, 0) is 60.7 Å². The Balaban J connectivity index is 1.75. The Labute approximate surface area is 194 Å². The van der Waals surface area contributed by atoms with Crippen LogP contribution < -0.4 is 4.90 Å². The van der Waals surface area contributed by atoms with Crippen LogP contribution in [0.5, 0.6) is 0 Å². The first-order valence-electron chi connectivity index (χ1n) is 10.7. The van der Waals surface area contributed by atoms with E-state index in [1.807, 2.05) is 36.4 Å². The molecule has 33 heavy (non-hydrogen) atoms. The quantitative estimate of drug-likeness (QED) is 0.448. The van der Waals surface area contributed by atoms with Gasteiger partial charge >= 0.3 is 0 Å². The first-order chi connectivity index (χ1) is 15.5. The van der Waals surface area contributed by atoms with Crippen LogP contribution in [0, 0.1) is 0 Å². The highest BCUT2D eigenvalue weighted by atomic mass is 32.2. The zero-order chi connectivity index (χ0) is 23.8. The maximum atomic E-state index is 13.6. The molecule has 0 saturated carbocycles. The number of sulfone groups is 1. The zero-order valence-corrected chi connectivity index (χ0v) is 20.0. The van der Waals surface area contributed by atoms with Gasteiger partial charge < -0.3 is 9.88 Å². The molecule has 0 radical (unpaired) electrons. The number of pyridine rings is 1. The number of carbonyl (C=O) groups excluding carboxylic acids is 1. The van der Waals surface area contributed by atoms with E-state index in [1.165, 1.54) is 12.1 Å². The predicted molar refractivity (Wildman–Crippen MR) is 131 cm³/mol. The molecular weight excluding hydrogens is 434 g/mol. The van der Waals surface area contributed by atoms with Crippen LogP contribution in [-0.4, -0.2) is 30.5 Å². The molecule has 0 atom stereocenters. The van der Waals surface area contributed by atoms with Gasteiger partial charge in [0.25, 0.3) is 5.91 Å². The summed E-state index contributed by atoms with van der Waals surface area (Å²) in [7, 11) is -3.34. The minimum atomic E-state index is -3.34. The van der Waals surface area contributed by atoms with E-state index < -0.39 is 9.84 Å². The minimum absolute atomic E-state index is 0.0238. The van der Waals surface area contributed by atoms with Gasteiger partial charge in [-0.2, -0.15) is 0 Å². The standard InChI is InChI=1S/C26H27N3O3S/c1-26(2,3)24-16-19-15-21(10-13-23(19)28-24)29(17-20-7-5-6-14-27-20)25(30)18-8-11-22(12-9-18)33(4,31)32/h5-16,28H,17H2,1-4H3. The third-order valence-electron chi connectivity index (χ3n) is 5.54. The highest BCUT2D eigenvalue weighted by Crippen LogP contribution is 2.30. The molecule has 0 spiro atoms. The van der Waals surface area contributed by atoms with Gasteiger partial charge in [0.05, 0.1) is 17.1 Å². The van der Waals surface area contributed by atoms with Crippen LogP contribution in [0.2, 0.25) is 0 Å². The Morgan fingerprint density at radius 2 is 1.73 bits per heavy atom. The van der Waals surface area contributed by atoms with Crippen molar-refractivity contribution in [1.82, 2.24) is 9.97 Å². The van der Waals surface area contributed by atoms with Crippen molar-refractivity contribution in [1.29, 1.82) is 0 Å². The molecule has 7 heteroatoms. The maximum absolute atomic E-state index is 13.6. The largest absolute Gasteiger partial charge is 0.358 e. The summed E-state index contributed by atoms with van der Waals surface area (Å²) in [6, 6.07) is 19.6. The molecular formula is C26H27N3O3S. The number of H-pyrrole nitrogens is 1. The third kappa shape index (κ3) is 4.98. The minimum Gasteiger partial charge on any atom is -0.358 e. The molecule has 6 nitrogen and oxygen atoms in total. The van der Waals surface area contributed by atoms with Crippen LogP contribution in [-0.2, 0) is 21.8 Å². The van der Waals surface area contributed by atoms with Crippen LogP contribution >= 0.6 is 0 Å². The number of aromatic amines is 1. The molecule has 1 N–H and O–H groups in total. The normalized spacial score (nSPS) is 12.1. The lowest BCUT2D eigenvalue weighted by Crippen LogP contribution is -2.30. The average Bonchev–Trinajstić information content (AvgIpc) is 3.21. The fraction of sp³-hybridized carbons (Fsp3) is 0.231. The second-order valence-corrected chi connectivity index (χ2v) is 11.2. The Morgan fingerprint density at radius 1 is 1.00 bits per heavy atom. The van der Waals surface area contributed by atoms with E-state index in [0.717, 1.165) is 34.2 Å². The van der Waals surface area contributed by atoms with Crippen molar-refractivity contribution < 1.29 is 13.2 Å². The summed E-state index contributed by atoms with van der Waals surface area (Å²) in [5.41, 5.74) is 4.00. The molecule has 0 aliphatic heterocycles. The second-order valence-electron chi connectivity index (χ2n) is 9.21. The summed E-state index contributed by atoms with van der Waals surface area (Å²) in [5.74, 6) is -0.230. The van der Waals surface area contributed by atoms with Gasteiger partial charge in [0.2, 0.25) is 0 Å². The van der Waals surface area contributed by atoms with Crippen LogP contribution in [0.25, 0.3) is 10.9 Å². The number of nitrogens with zero attached hydrogens (tertiary/aromatic N) is 2. The number of aromatic nitrogens is 2. The number of fused-ring (bicyclic) bond motifs is 1. The number of hydrogen-bond acceptors (Lipinski definition) is 4. The fourth-order valence-electron chi connectivity index (χ4n) is 3.63. The molecule has 2 heterocycles. The van der Waals surface area contributed by atoms with E-state index >= 15 is 0 Å². The van der Waals surface area contributed by atoms with E-state index in [1.54, 1.807) is 23.2 Å². The number of rotatable bonds is 5. The van der Waals surface area contributed by atoms with Crippen molar-refractivity contribution in [3.63, 3.8) is 0 Å². The smallest absolute Gasteiger partial charge is 0.258 e. The van der Waals surface area contributed by atoms with Crippen LogP contribution in [0.4, 0.5) is 5.69 Å². The Bertz CT molecular complexity index is 1400. The number of benzene rings is 2. The molecule has 0 unspecified atom stereocenters. The molecule has 0 fully saturated rings. The van der Waals surface area contributed by atoms with Gasteiger partial charge in [-0.15, -0.1) is 0 Å². The van der Waals surface area contributed by atoms with Gasteiger partial charge in [-0.3, -0.25) is 9.78 Å². The van der Waals surface area contributed by atoms with Crippen molar-refractivity contribution in [2.75, 3.05) is 11.2 Å². The van der Waals surface area contributed by atoms with Gasteiger partial charge in [0.1, 0.15) is 0 Å². The van der Waals surface area contributed by atoms with Crippen molar-refractivity contribution in [3.8, 4) is 0 Å². The Kier molecular flexibility index (Phi) is 5.84. The van der Waals surface area contributed by atoms with E-state index in [9.17, 15) is 13.2 Å². The number of hydrogen-bond donors (Lipinski definition) is 1. The summed E-state index contributed by atoms with van der Waals surface area (Å²) in [6.07, 6.45) is 2.85. The number of nitrogens with one attached hydrogen (secondary N) is 1. The molecule has 2 aromatic heterocycles. The van der Waals surface area contributed by atoms with Gasteiger partial charge in [-0.25, -0.2) is 8.42 Å². The van der Waals surface area contributed by atoms with Gasteiger partial charge in [0.15, 0.2) is 9.84 Å². The zero-order valence-electron chi connectivity index (χ0n) is 19.2. The molecule has 170 valence electrons. The van der Waals surface area contributed by atoms with Gasteiger partial charge in [0, 0.05) is 45.7 Å². The monoisotopic (exact) mass is 461 g/mol. The molecule has 4 aromatic rings. The number of anilines is 1. The predicted octanol–water partition coefficient (Wildman–Crippen LogP) is 5.11. The Morgan fingerprint density at radius 3 is 2.33 bits per heavy atom. The summed E-state index contributed by atoms with van der Waals surface area (Å²) in [5, 5.41) is 1.02. The molecule has 0 aliphatic carbocycles. The van der Waals surface area contributed by atoms with Crippen molar-refractivity contribution in [2.24, 2.45) is 0 Å². The SMILES string of the molecule is CC(C)(C)c1cc2cc(N(Cc3ccccn3)C(=O)c3ccc(S(C)(=O)=O)cc3)ccc2[nH]1. The van der Waals surface area contributed by atoms with E-state index in [-0.39, 0.29) is 22.8 Å². The van der Waals surface area contributed by atoms with Crippen LogP contribution in [0.1, 0.15) is 42.5 Å².